The number of hydrogen-bond donors (Lipinski definition) is 6. The Bertz CT molecular complexity index is 4670. The van der Waals surface area contributed by atoms with E-state index in [0.717, 1.165) is 7.11 Å². The van der Waals surface area contributed by atoms with Crippen LogP contribution < -0.4 is 33.9 Å². The second-order valence-electron chi connectivity index (χ2n) is 21.8. The lowest BCUT2D eigenvalue weighted by molar-refractivity contribution is -0.0167. The van der Waals surface area contributed by atoms with Gasteiger partial charge in [-0.3, -0.25) is 56.6 Å². The number of benzene rings is 3. The molecule has 6 aromatic heterocycles. The van der Waals surface area contributed by atoms with E-state index in [2.05, 4.69) is 54.3 Å². The van der Waals surface area contributed by atoms with Crippen molar-refractivity contribution < 1.29 is 111 Å². The number of anilines is 3. The number of nitrogens with two attached hydrogens (primary N) is 3. The maximum absolute atomic E-state index is 13.5. The fourth-order valence-electron chi connectivity index (χ4n) is 8.18. The van der Waals surface area contributed by atoms with Crippen LogP contribution in [0.2, 0.25) is 0 Å². The summed E-state index contributed by atoms with van der Waals surface area (Å²) in [5.41, 5.74) is 17.6. The monoisotopic (exact) mass is 1530 g/mol. The molecule has 0 fully saturated rings. The number of ether oxygens (including phenoxy) is 9. The lowest BCUT2D eigenvalue weighted by atomic mass is 10.2. The summed E-state index contributed by atoms with van der Waals surface area (Å²) in [4.78, 5) is 101. The van der Waals surface area contributed by atoms with Gasteiger partial charge in [0.25, 0.3) is 16.7 Å². The summed E-state index contributed by atoms with van der Waals surface area (Å²) in [5, 5.41) is 0. The number of nitrogen functional groups attached to an aromatic ring is 3. The van der Waals surface area contributed by atoms with Crippen molar-refractivity contribution in [2.75, 3.05) is 90.2 Å². The van der Waals surface area contributed by atoms with Crippen molar-refractivity contribution in [1.29, 1.82) is 0 Å². The van der Waals surface area contributed by atoms with Gasteiger partial charge in [-0.05, 0) is 72.9 Å². The molecular formula is C59H73F3N15O24P3. The summed E-state index contributed by atoms with van der Waals surface area (Å²) >= 11 is 0. The second kappa shape index (κ2) is 39.6. The molecule has 3 unspecified atom stereocenters. The molecule has 9 N–H and O–H groups in total. The van der Waals surface area contributed by atoms with Crippen molar-refractivity contribution in [3.05, 3.63) is 157 Å². The molecule has 104 heavy (non-hydrogen) atoms. The first kappa shape index (κ1) is 81.3. The van der Waals surface area contributed by atoms with Crippen molar-refractivity contribution in [2.24, 2.45) is 5.92 Å². The summed E-state index contributed by atoms with van der Waals surface area (Å²) in [6, 6.07) is 16.6. The molecule has 0 saturated heterocycles. The van der Waals surface area contributed by atoms with E-state index >= 15 is 0 Å². The first-order valence-corrected chi connectivity index (χ1v) is 35.8. The molecule has 0 spiro atoms. The van der Waals surface area contributed by atoms with Crippen LogP contribution in [0.1, 0.15) is 44.4 Å². The SMILES string of the molecule is CC(C)COC(=O)OCOP(=O)(COCCn1cnc2c(=O)[nH]c(N)nc21)OCc1cccc(F)c1.CC(C)OC(=O)OCOP(=O)(COCCn1cnc2c(=O)[nH]c(N)nc21)OCc1cccc(F)c1.COC(=O)OCOP(=O)(COCCn1cnc2c(=O)[nH]c(N)nc21)OCc1cccc(F)c1. The van der Waals surface area contributed by atoms with Gasteiger partial charge in [0.2, 0.25) is 38.2 Å². The highest BCUT2D eigenvalue weighted by molar-refractivity contribution is 7.54. The minimum Gasteiger partial charge on any atom is -0.438 e. The maximum Gasteiger partial charge on any atom is 0.510 e. The van der Waals surface area contributed by atoms with Crippen LogP contribution in [0.3, 0.4) is 0 Å². The van der Waals surface area contributed by atoms with E-state index in [0.29, 0.717) is 16.7 Å². The number of aromatic amines is 3. The van der Waals surface area contributed by atoms with Crippen molar-refractivity contribution in [3.63, 3.8) is 0 Å². The van der Waals surface area contributed by atoms with Gasteiger partial charge in [0, 0.05) is 19.6 Å². The van der Waals surface area contributed by atoms with E-state index in [4.69, 9.17) is 77.5 Å². The zero-order chi connectivity index (χ0) is 75.4. The Morgan fingerprint density at radius 2 is 0.808 bits per heavy atom. The van der Waals surface area contributed by atoms with Gasteiger partial charge in [0.05, 0.1) is 78.4 Å². The number of fused-ring (bicyclic) bond motifs is 3. The molecule has 0 radical (unpaired) electrons. The molecule has 6 heterocycles. The molecule has 0 saturated carbocycles. The number of halogens is 3. The number of nitrogens with zero attached hydrogens (tertiary/aromatic N) is 9. The van der Waals surface area contributed by atoms with E-state index in [9.17, 15) is 55.6 Å². The summed E-state index contributed by atoms with van der Waals surface area (Å²) in [6.07, 6.45) is -0.803. The molecule has 564 valence electrons. The van der Waals surface area contributed by atoms with Crippen LogP contribution in [0, 0.1) is 23.4 Å². The molecule has 3 aromatic carbocycles. The number of hydrogen-bond acceptors (Lipinski definition) is 33. The number of H-pyrrole nitrogens is 3. The Kier molecular flexibility index (Phi) is 31.0. The van der Waals surface area contributed by atoms with E-state index in [1.807, 2.05) is 13.8 Å². The van der Waals surface area contributed by atoms with Gasteiger partial charge < -0.3 is 87.1 Å². The molecule has 39 nitrogen and oxygen atoms in total. The third-order valence-corrected chi connectivity index (χ3v) is 17.5. The quantitative estimate of drug-likeness (QED) is 0.00718. The van der Waals surface area contributed by atoms with E-state index in [1.54, 1.807) is 32.0 Å². The zero-order valence-electron chi connectivity index (χ0n) is 56.2. The minimum atomic E-state index is -3.96. The van der Waals surface area contributed by atoms with E-state index in [-0.39, 0.29) is 123 Å². The Morgan fingerprint density at radius 3 is 1.12 bits per heavy atom. The van der Waals surface area contributed by atoms with Gasteiger partial charge in [0.1, 0.15) is 36.5 Å². The Labute approximate surface area is 586 Å². The average molecular weight is 1530 g/mol. The molecular weight excluding hydrogens is 1450 g/mol. The van der Waals surface area contributed by atoms with Crippen molar-refractivity contribution in [1.82, 2.24) is 58.6 Å². The highest BCUT2D eigenvalue weighted by Crippen LogP contribution is 2.51. The normalized spacial score (nSPS) is 13.1. The van der Waals surface area contributed by atoms with E-state index < -0.39 is 121 Å². The maximum atomic E-state index is 13.5. The van der Waals surface area contributed by atoms with E-state index in [1.165, 1.54) is 87.3 Å². The largest absolute Gasteiger partial charge is 0.510 e. The number of carbonyl (C=O) groups excluding carboxylic acids is 3. The van der Waals surface area contributed by atoms with Crippen molar-refractivity contribution in [2.45, 2.75) is 73.3 Å². The smallest absolute Gasteiger partial charge is 0.438 e. The third-order valence-electron chi connectivity index (χ3n) is 12.9. The molecule has 9 rings (SSSR count). The molecule has 45 heteroatoms. The first-order chi connectivity index (χ1) is 49.6. The number of methoxy groups -OCH3 is 1. The average Bonchev–Trinajstić information content (AvgIpc) is 1.67. The molecule has 3 atom stereocenters. The van der Waals surface area contributed by atoms with Crippen LogP contribution >= 0.6 is 22.8 Å². The van der Waals surface area contributed by atoms with Gasteiger partial charge in [-0.15, -0.1) is 0 Å². The molecule has 0 bridgehead atoms. The first-order valence-electron chi connectivity index (χ1n) is 30.7. The van der Waals surface area contributed by atoms with Gasteiger partial charge in [0.15, 0.2) is 33.5 Å². The highest BCUT2D eigenvalue weighted by Gasteiger charge is 2.30. The standard InChI is InChI=1S/C21H27FN5O8P.C20H25FN5O8P.C18H21FN5O8P/c1-14(2)9-32-21(29)33-12-35-36(30,34-10-15-4-3-5-16(22)8-15)13-31-7-6-27-11-24-17-18(27)25-20(23)26-19(17)28;1-13(2)34-20(28)31-11-33-35(29,32-9-14-4-3-5-15(21)8-14)12-30-7-6-26-10-23-16-17(26)24-19(22)25-18(16)27;1-28-18(26)30-10-32-33(27,31-8-12-3-2-4-13(19)7-12)11-29-6-5-24-9-21-14-15(24)22-17(20)23-16(14)25/h3-5,8,11,14H,6-7,9-10,12-13H2,1-2H3,(H3,23,25,26,28);3-5,8,10,13H,6-7,9,11-12H2,1-2H3,(H3,22,24,25,27);2-4,7,9H,5-6,8,10-11H2,1H3,(H3,20,22,23,25). The molecule has 0 amide bonds. The number of carbonyl (C=O) groups is 3. The van der Waals surface area contributed by atoms with Crippen molar-refractivity contribution in [3.8, 4) is 0 Å². The van der Waals surface area contributed by atoms with Crippen LogP contribution in [0.25, 0.3) is 33.5 Å². The van der Waals surface area contributed by atoms with Crippen LogP contribution in [-0.4, -0.2) is 156 Å². The Morgan fingerprint density at radius 1 is 0.481 bits per heavy atom. The Hall–Kier alpha value is -9.96. The highest BCUT2D eigenvalue weighted by atomic mass is 31.2. The molecule has 0 aliphatic carbocycles. The van der Waals surface area contributed by atoms with Gasteiger partial charge >= 0.3 is 41.3 Å². The number of nitrogens with one attached hydrogen (secondary N) is 3. The lowest BCUT2D eigenvalue weighted by Gasteiger charge is -2.19. The van der Waals surface area contributed by atoms with Crippen molar-refractivity contribution >= 4 is 92.6 Å². The van der Waals surface area contributed by atoms with Gasteiger partial charge in [-0.1, -0.05) is 50.2 Å². The molecule has 0 aliphatic rings. The predicted molar refractivity (Wildman–Crippen MR) is 358 cm³/mol. The van der Waals surface area contributed by atoms with Gasteiger partial charge in [-0.2, -0.15) is 15.0 Å². The third kappa shape index (κ3) is 26.7. The molecule has 0 aliphatic heterocycles. The number of aromatic nitrogens is 12. The molecule has 9 aromatic rings. The van der Waals surface area contributed by atoms with Gasteiger partial charge in [-0.25, -0.2) is 42.5 Å². The lowest BCUT2D eigenvalue weighted by Crippen LogP contribution is -2.16. The topological polar surface area (TPSA) is 510 Å². The summed E-state index contributed by atoms with van der Waals surface area (Å²) in [6.45, 7) is 4.84. The summed E-state index contributed by atoms with van der Waals surface area (Å²) in [5.74, 6) is -1.55. The predicted octanol–water partition coefficient (Wildman–Crippen LogP) is 7.75. The fourth-order valence-corrected chi connectivity index (χ4v) is 11.6. The Balaban J connectivity index is 0.000000218. The van der Waals surface area contributed by atoms with Crippen LogP contribution in [0.5, 0.6) is 0 Å². The zero-order valence-corrected chi connectivity index (χ0v) is 58.8. The number of rotatable bonds is 36. The summed E-state index contributed by atoms with van der Waals surface area (Å²) in [7, 11) is -10.7. The van der Waals surface area contributed by atoms with Crippen LogP contribution in [-0.2, 0) is 123 Å². The second-order valence-corrected chi connectivity index (χ2v) is 27.8. The van der Waals surface area contributed by atoms with Crippen LogP contribution in [0.15, 0.2) is 106 Å². The summed E-state index contributed by atoms with van der Waals surface area (Å²) < 4.78 is 160. The number of imidazole rings is 3. The fraction of sp³-hybridized carbons (Fsp3) is 0.390. The minimum absolute atomic E-state index is 0.00671. The van der Waals surface area contributed by atoms with Crippen LogP contribution in [0.4, 0.5) is 45.4 Å².